The monoisotopic (exact) mass is 791 g/mol. The van der Waals surface area contributed by atoms with Gasteiger partial charge in [-0.25, -0.2) is 4.79 Å². The predicted molar refractivity (Wildman–Crippen MR) is 205 cm³/mol. The number of phenolic OH excluding ortho intramolecular Hbond substituents is 1. The third-order valence-corrected chi connectivity index (χ3v) is 10.2. The van der Waals surface area contributed by atoms with Crippen molar-refractivity contribution < 1.29 is 46.1 Å². The lowest BCUT2D eigenvalue weighted by Crippen LogP contribution is -1.99. The molecule has 0 atom stereocenters. The van der Waals surface area contributed by atoms with Gasteiger partial charge in [0.25, 0.3) is 20.2 Å². The van der Waals surface area contributed by atoms with Crippen molar-refractivity contribution in [1.82, 2.24) is 0 Å². The lowest BCUT2D eigenvalue weighted by Gasteiger charge is -2.10. The number of hydrogen-bond donors (Lipinski definition) is 6. The first-order chi connectivity index (χ1) is 26.6. The number of hydrogen-bond acceptors (Lipinski definition) is 14. The van der Waals surface area contributed by atoms with E-state index in [9.17, 15) is 46.1 Å². The largest absolute Gasteiger partial charge is 0.507 e. The van der Waals surface area contributed by atoms with E-state index >= 15 is 0 Å². The molecule has 7 rings (SSSR count). The molecule has 0 aliphatic heterocycles. The van der Waals surface area contributed by atoms with Crippen LogP contribution in [0, 0.1) is 0 Å². The number of benzene rings is 7. The molecule has 0 heterocycles. The number of nitrogens with zero attached hydrogens (tertiary/aromatic N) is 6. The molecule has 0 saturated carbocycles. The van der Waals surface area contributed by atoms with Crippen LogP contribution >= 0.6 is 0 Å². The van der Waals surface area contributed by atoms with Crippen LogP contribution in [0.1, 0.15) is 10.4 Å². The molecule has 0 saturated heterocycles. The van der Waals surface area contributed by atoms with Gasteiger partial charge in [0.2, 0.25) is 0 Å². The van der Waals surface area contributed by atoms with Gasteiger partial charge in [0, 0.05) is 32.6 Å². The van der Waals surface area contributed by atoms with Crippen molar-refractivity contribution in [2.45, 2.75) is 9.79 Å². The van der Waals surface area contributed by atoms with Crippen molar-refractivity contribution in [3.63, 3.8) is 0 Å². The Morgan fingerprint density at radius 3 is 1.70 bits per heavy atom. The maximum Gasteiger partial charge on any atom is 0.339 e. The second-order valence-corrected chi connectivity index (χ2v) is 14.9. The molecule has 280 valence electrons. The van der Waals surface area contributed by atoms with E-state index in [1.54, 1.807) is 30.3 Å². The Hall–Kier alpha value is -7.19. The summed E-state index contributed by atoms with van der Waals surface area (Å²) in [6.45, 7) is 0. The number of carbonyl (C=O) groups is 1. The van der Waals surface area contributed by atoms with Crippen molar-refractivity contribution >= 4 is 98.3 Å². The highest BCUT2D eigenvalue weighted by atomic mass is 32.2. The highest BCUT2D eigenvalue weighted by Gasteiger charge is 2.22. The molecule has 0 aliphatic rings. The molecule has 0 aromatic heterocycles. The first kappa shape index (κ1) is 37.1. The molecular formula is C37H25N7O10S2. The highest BCUT2D eigenvalue weighted by molar-refractivity contribution is 7.86. The summed E-state index contributed by atoms with van der Waals surface area (Å²) in [4.78, 5) is 10.3. The molecular weight excluding hydrogens is 767 g/mol. The maximum absolute atomic E-state index is 12.3. The molecule has 0 unspecified atom stereocenters. The number of fused-ring (bicyclic) bond motifs is 3. The molecule has 56 heavy (non-hydrogen) atoms. The summed E-state index contributed by atoms with van der Waals surface area (Å²) in [6, 6.07) is 25.8. The molecule has 0 aliphatic carbocycles. The highest BCUT2D eigenvalue weighted by Crippen LogP contribution is 2.43. The summed E-state index contributed by atoms with van der Waals surface area (Å²) in [7, 11) is -9.51. The summed E-state index contributed by atoms with van der Waals surface area (Å²) in [5.74, 6) is -2.37. The van der Waals surface area contributed by atoms with E-state index in [-0.39, 0.29) is 44.5 Å². The van der Waals surface area contributed by atoms with E-state index in [0.29, 0.717) is 27.5 Å². The van der Waals surface area contributed by atoms with Crippen molar-refractivity contribution in [3.8, 4) is 11.5 Å². The topological polar surface area (TPSA) is 287 Å². The summed E-state index contributed by atoms with van der Waals surface area (Å²) in [6.07, 6.45) is 0. The number of carboxylic acid groups (broad SMARTS) is 1. The third kappa shape index (κ3) is 7.32. The fourth-order valence-corrected chi connectivity index (χ4v) is 6.98. The van der Waals surface area contributed by atoms with Crippen LogP contribution in [0.5, 0.6) is 11.5 Å². The Morgan fingerprint density at radius 1 is 0.554 bits per heavy atom. The van der Waals surface area contributed by atoms with Crippen LogP contribution in [-0.4, -0.2) is 47.2 Å². The summed E-state index contributed by atoms with van der Waals surface area (Å²) < 4.78 is 68.5. The van der Waals surface area contributed by atoms with E-state index in [1.807, 2.05) is 0 Å². The van der Waals surface area contributed by atoms with Gasteiger partial charge in [0.15, 0.2) is 5.75 Å². The van der Waals surface area contributed by atoms with Crippen LogP contribution in [0.3, 0.4) is 0 Å². The van der Waals surface area contributed by atoms with E-state index in [1.165, 1.54) is 54.6 Å². The molecule has 19 heteroatoms. The first-order valence-corrected chi connectivity index (χ1v) is 18.9. The van der Waals surface area contributed by atoms with Gasteiger partial charge in [0.1, 0.15) is 21.9 Å². The first-order valence-electron chi connectivity index (χ1n) is 16.0. The number of azo groups is 3. The number of aromatic hydroxyl groups is 2. The van der Waals surface area contributed by atoms with Gasteiger partial charge in [0.05, 0.1) is 33.3 Å². The van der Waals surface area contributed by atoms with Crippen molar-refractivity contribution in [3.05, 3.63) is 115 Å². The molecule has 7 aromatic carbocycles. The van der Waals surface area contributed by atoms with Crippen molar-refractivity contribution in [1.29, 1.82) is 0 Å². The van der Waals surface area contributed by atoms with E-state index < -0.39 is 53.2 Å². The number of phenols is 2. The Balaban J connectivity index is 1.29. The molecule has 0 spiro atoms. The minimum absolute atomic E-state index is 0.111. The van der Waals surface area contributed by atoms with Crippen molar-refractivity contribution in [2.75, 3.05) is 5.73 Å². The van der Waals surface area contributed by atoms with E-state index in [0.717, 1.165) is 24.3 Å². The number of nitrogens with two attached hydrogens (primary N) is 1. The Labute approximate surface area is 315 Å². The van der Waals surface area contributed by atoms with Crippen LogP contribution in [-0.2, 0) is 20.2 Å². The Bertz CT molecular complexity index is 3120. The van der Waals surface area contributed by atoms with Gasteiger partial charge in [-0.1, -0.05) is 30.3 Å². The standard InChI is InChI=1S/C37H25N7O10S2/c38-20-5-8-23-19(15-20)16-34(56(52,53)54)35(36(23)46)44-43-30-11-10-29(24-3-1-2-4-25(24)30)41-42-32-13-12-31(26-9-7-22(18-27(26)32)55(49,50)51)40-39-21-6-14-33(45)28(17-21)37(47)48/h1-18,45-46H,38H2,(H,47,48)(H,49,50,51)(H,52,53,54). The van der Waals surface area contributed by atoms with Crippen LogP contribution in [0.25, 0.3) is 32.3 Å². The van der Waals surface area contributed by atoms with Gasteiger partial charge in [-0.15, -0.1) is 25.6 Å². The van der Waals surface area contributed by atoms with Crippen LogP contribution in [0.2, 0.25) is 0 Å². The minimum Gasteiger partial charge on any atom is -0.507 e. The average Bonchev–Trinajstić information content (AvgIpc) is 3.15. The minimum atomic E-state index is -4.87. The normalized spacial score (nSPS) is 12.5. The van der Waals surface area contributed by atoms with Crippen LogP contribution in [0.4, 0.5) is 39.8 Å². The molecule has 0 radical (unpaired) electrons. The second kappa shape index (κ2) is 14.2. The maximum atomic E-state index is 12.3. The number of aromatic carboxylic acids is 1. The fraction of sp³-hybridized carbons (Fsp3) is 0. The number of anilines is 1. The zero-order valence-electron chi connectivity index (χ0n) is 28.2. The number of rotatable bonds is 9. The predicted octanol–water partition coefficient (Wildman–Crippen LogP) is 9.58. The van der Waals surface area contributed by atoms with Crippen molar-refractivity contribution in [2.24, 2.45) is 30.7 Å². The number of nitrogen functional groups attached to an aromatic ring is 1. The SMILES string of the molecule is Nc1ccc2c(O)c(N=Nc3ccc(N=Nc4ccc(N=Nc5ccc(O)c(C(=O)O)c5)c5ccc(S(=O)(=O)O)cc45)c4ccccc34)c(S(=O)(=O)O)cc2c1. The smallest absolute Gasteiger partial charge is 0.339 e. The Kier molecular flexibility index (Phi) is 9.44. The second-order valence-electron chi connectivity index (χ2n) is 12.1. The molecule has 7 N–H and O–H groups in total. The summed E-state index contributed by atoms with van der Waals surface area (Å²) in [5, 5.41) is 57.5. The molecule has 17 nitrogen and oxygen atoms in total. The molecule has 0 amide bonds. The molecule has 0 fully saturated rings. The molecule has 0 bridgehead atoms. The zero-order chi connectivity index (χ0) is 39.9. The lowest BCUT2D eigenvalue weighted by molar-refractivity contribution is 0.0693. The number of carboxylic acids is 1. The average molecular weight is 792 g/mol. The van der Waals surface area contributed by atoms with E-state index in [2.05, 4.69) is 30.7 Å². The van der Waals surface area contributed by atoms with Gasteiger partial charge >= 0.3 is 5.97 Å². The Morgan fingerprint density at radius 2 is 1.11 bits per heavy atom. The van der Waals surface area contributed by atoms with Gasteiger partial charge < -0.3 is 21.1 Å². The van der Waals surface area contributed by atoms with E-state index in [4.69, 9.17) is 5.73 Å². The van der Waals surface area contributed by atoms with Gasteiger partial charge in [-0.3, -0.25) is 9.11 Å². The summed E-state index contributed by atoms with van der Waals surface area (Å²) in [5.41, 5.74) is 6.31. The van der Waals surface area contributed by atoms with Gasteiger partial charge in [-0.05, 0) is 84.2 Å². The van der Waals surface area contributed by atoms with Crippen LogP contribution < -0.4 is 5.73 Å². The third-order valence-electron chi connectivity index (χ3n) is 8.48. The molecule has 7 aromatic rings. The van der Waals surface area contributed by atoms with Crippen LogP contribution in [0.15, 0.2) is 150 Å². The summed E-state index contributed by atoms with van der Waals surface area (Å²) >= 11 is 0. The van der Waals surface area contributed by atoms with Gasteiger partial charge in [-0.2, -0.15) is 21.9 Å². The lowest BCUT2D eigenvalue weighted by atomic mass is 10.1. The fourth-order valence-electron chi connectivity index (χ4n) is 5.82. The zero-order valence-corrected chi connectivity index (χ0v) is 29.9. The quantitative estimate of drug-likeness (QED) is 0.0454.